The number of thiophene rings is 1. The predicted molar refractivity (Wildman–Crippen MR) is 114 cm³/mol. The molecule has 154 valence electrons. The second-order valence-corrected chi connectivity index (χ2v) is 7.41. The van der Waals surface area contributed by atoms with Gasteiger partial charge in [-0.2, -0.15) is 5.26 Å². The molecular weight excluding hydrogens is 416 g/mol. The van der Waals surface area contributed by atoms with Crippen LogP contribution in [0.15, 0.2) is 64.8 Å². The summed E-state index contributed by atoms with van der Waals surface area (Å²) in [6.07, 6.45) is 3.10. The summed E-state index contributed by atoms with van der Waals surface area (Å²) < 4.78 is 16.3. The molecule has 31 heavy (non-hydrogen) atoms. The summed E-state index contributed by atoms with van der Waals surface area (Å²) in [5.74, 6) is -0.662. The van der Waals surface area contributed by atoms with E-state index in [1.807, 2.05) is 23.6 Å². The summed E-state index contributed by atoms with van der Waals surface area (Å²) in [7, 11) is 1.41. The number of hydrogen-bond acceptors (Lipinski definition) is 7. The van der Waals surface area contributed by atoms with E-state index in [1.165, 1.54) is 24.5 Å². The number of methoxy groups -OCH3 is 1. The molecule has 0 amide bonds. The molecule has 3 heterocycles. The first-order valence-corrected chi connectivity index (χ1v) is 10.0. The number of ether oxygens (including phenoxy) is 2. The number of aromatic nitrogens is 1. The van der Waals surface area contributed by atoms with Gasteiger partial charge < -0.3 is 19.0 Å². The molecular formula is C23H16N2O5S. The number of carboxylic acids is 1. The van der Waals surface area contributed by atoms with E-state index < -0.39 is 5.97 Å². The molecule has 1 N–H and O–H groups in total. The highest BCUT2D eigenvalue weighted by Gasteiger charge is 2.18. The molecule has 4 rings (SSSR count). The smallest absolute Gasteiger partial charge is 0.339 e. The Morgan fingerprint density at radius 2 is 2.16 bits per heavy atom. The number of carbonyl (C=O) groups is 1. The molecule has 8 heteroatoms. The average molecular weight is 432 g/mol. The third-order valence-corrected chi connectivity index (χ3v) is 5.47. The standard InChI is InChI=1S/C23H16N2O5S/c1-28-20-9-14(4-5-16(20)23(26)27)12-30-22-18(11-24)17(15-6-7-29-13-15)10-19(25-22)21-3-2-8-31-21/h2-10,13H,12H2,1H3,(H,26,27). The number of nitriles is 1. The van der Waals surface area contributed by atoms with Gasteiger partial charge in [-0.05, 0) is 41.3 Å². The lowest BCUT2D eigenvalue weighted by Crippen LogP contribution is -2.04. The highest BCUT2D eigenvalue weighted by atomic mass is 32.1. The zero-order chi connectivity index (χ0) is 21.8. The van der Waals surface area contributed by atoms with Crippen molar-refractivity contribution in [2.75, 3.05) is 7.11 Å². The second-order valence-electron chi connectivity index (χ2n) is 6.46. The van der Waals surface area contributed by atoms with Crippen molar-refractivity contribution in [3.63, 3.8) is 0 Å². The zero-order valence-corrected chi connectivity index (χ0v) is 17.2. The van der Waals surface area contributed by atoms with Crippen molar-refractivity contribution < 1.29 is 23.8 Å². The average Bonchev–Trinajstić information content (AvgIpc) is 3.51. The van der Waals surface area contributed by atoms with Crippen LogP contribution in [-0.2, 0) is 6.61 Å². The van der Waals surface area contributed by atoms with Crippen molar-refractivity contribution >= 4 is 17.3 Å². The minimum atomic E-state index is -1.08. The maximum atomic E-state index is 11.3. The van der Waals surface area contributed by atoms with Crippen molar-refractivity contribution in [3.05, 3.63) is 77.1 Å². The fraction of sp³-hybridized carbons (Fsp3) is 0.0870. The number of nitrogens with zero attached hydrogens (tertiary/aromatic N) is 2. The van der Waals surface area contributed by atoms with Crippen LogP contribution in [0.2, 0.25) is 0 Å². The molecule has 4 aromatic rings. The first-order valence-electron chi connectivity index (χ1n) is 9.15. The number of rotatable bonds is 7. The topological polar surface area (TPSA) is 106 Å². The Balaban J connectivity index is 1.72. The molecule has 0 bridgehead atoms. The molecule has 0 aliphatic heterocycles. The molecule has 0 unspecified atom stereocenters. The Kier molecular flexibility index (Phi) is 5.69. The number of aromatic carboxylic acids is 1. The van der Waals surface area contributed by atoms with Crippen LogP contribution < -0.4 is 9.47 Å². The van der Waals surface area contributed by atoms with Crippen LogP contribution in [0.4, 0.5) is 0 Å². The molecule has 0 atom stereocenters. The molecule has 1 aromatic carbocycles. The van der Waals surface area contributed by atoms with Crippen LogP contribution in [0.1, 0.15) is 21.5 Å². The Labute approximate surface area is 181 Å². The Bertz CT molecular complexity index is 1260. The number of benzene rings is 1. The van der Waals surface area contributed by atoms with Crippen molar-refractivity contribution in [1.82, 2.24) is 4.98 Å². The van der Waals surface area contributed by atoms with Crippen molar-refractivity contribution in [2.45, 2.75) is 6.61 Å². The largest absolute Gasteiger partial charge is 0.496 e. The Morgan fingerprint density at radius 3 is 2.81 bits per heavy atom. The molecule has 0 saturated heterocycles. The van der Waals surface area contributed by atoms with Gasteiger partial charge in [0.15, 0.2) is 0 Å². The summed E-state index contributed by atoms with van der Waals surface area (Å²) in [6.45, 7) is 0.0800. The van der Waals surface area contributed by atoms with Gasteiger partial charge in [-0.15, -0.1) is 11.3 Å². The number of pyridine rings is 1. The van der Waals surface area contributed by atoms with E-state index in [9.17, 15) is 15.2 Å². The van der Waals surface area contributed by atoms with E-state index in [0.717, 1.165) is 10.4 Å². The first kappa shape index (κ1) is 20.2. The predicted octanol–water partition coefficient (Wildman–Crippen LogP) is 5.23. The number of furan rings is 1. The lowest BCUT2D eigenvalue weighted by atomic mass is 10.0. The second kappa shape index (κ2) is 8.73. The minimum absolute atomic E-state index is 0.0593. The van der Waals surface area contributed by atoms with Gasteiger partial charge >= 0.3 is 5.97 Å². The van der Waals surface area contributed by atoms with E-state index in [0.29, 0.717) is 16.8 Å². The summed E-state index contributed by atoms with van der Waals surface area (Å²) >= 11 is 1.53. The summed E-state index contributed by atoms with van der Waals surface area (Å²) in [5.41, 5.74) is 3.11. The maximum absolute atomic E-state index is 11.3. The molecule has 0 radical (unpaired) electrons. The van der Waals surface area contributed by atoms with Crippen molar-refractivity contribution in [1.29, 1.82) is 5.26 Å². The molecule has 0 fully saturated rings. The van der Waals surface area contributed by atoms with Gasteiger partial charge in [0.25, 0.3) is 0 Å². The van der Waals surface area contributed by atoms with Crippen molar-refractivity contribution in [2.24, 2.45) is 0 Å². The lowest BCUT2D eigenvalue weighted by Gasteiger charge is -2.13. The number of carboxylic acid groups (broad SMARTS) is 1. The van der Waals surface area contributed by atoms with Crippen LogP contribution >= 0.6 is 11.3 Å². The van der Waals surface area contributed by atoms with Gasteiger partial charge in [-0.1, -0.05) is 12.1 Å². The van der Waals surface area contributed by atoms with Crippen LogP contribution in [0.25, 0.3) is 21.7 Å². The Morgan fingerprint density at radius 1 is 1.29 bits per heavy atom. The quantitative estimate of drug-likeness (QED) is 0.426. The fourth-order valence-electron chi connectivity index (χ4n) is 3.08. The van der Waals surface area contributed by atoms with Crippen LogP contribution in [0.5, 0.6) is 11.6 Å². The molecule has 0 aliphatic rings. The summed E-state index contributed by atoms with van der Waals surface area (Å²) in [5, 5.41) is 21.0. The third kappa shape index (κ3) is 4.13. The zero-order valence-electron chi connectivity index (χ0n) is 16.4. The maximum Gasteiger partial charge on any atom is 0.339 e. The molecule has 0 saturated carbocycles. The number of hydrogen-bond donors (Lipinski definition) is 1. The van der Waals surface area contributed by atoms with E-state index in [4.69, 9.17) is 13.9 Å². The highest BCUT2D eigenvalue weighted by molar-refractivity contribution is 7.13. The fourth-order valence-corrected chi connectivity index (χ4v) is 3.77. The first-order chi connectivity index (χ1) is 15.1. The van der Waals surface area contributed by atoms with Crippen LogP contribution in [0.3, 0.4) is 0 Å². The molecule has 3 aromatic heterocycles. The van der Waals surface area contributed by atoms with Gasteiger partial charge in [-0.25, -0.2) is 9.78 Å². The SMILES string of the molecule is COc1cc(COc2nc(-c3cccs3)cc(-c3ccoc3)c2C#N)ccc1C(=O)O. The summed E-state index contributed by atoms with van der Waals surface area (Å²) in [6, 6.07) is 14.3. The van der Waals surface area contributed by atoms with Gasteiger partial charge in [0.05, 0.1) is 30.2 Å². The van der Waals surface area contributed by atoms with E-state index in [2.05, 4.69) is 11.1 Å². The van der Waals surface area contributed by atoms with Gasteiger partial charge in [0.1, 0.15) is 29.6 Å². The van der Waals surface area contributed by atoms with E-state index in [1.54, 1.807) is 30.7 Å². The monoisotopic (exact) mass is 432 g/mol. The lowest BCUT2D eigenvalue weighted by molar-refractivity contribution is 0.0693. The molecule has 0 aliphatic carbocycles. The van der Waals surface area contributed by atoms with E-state index in [-0.39, 0.29) is 29.4 Å². The highest BCUT2D eigenvalue weighted by Crippen LogP contribution is 2.35. The van der Waals surface area contributed by atoms with Gasteiger partial charge in [-0.3, -0.25) is 0 Å². The van der Waals surface area contributed by atoms with Crippen molar-refractivity contribution in [3.8, 4) is 39.4 Å². The van der Waals surface area contributed by atoms with Gasteiger partial charge in [0, 0.05) is 11.1 Å². The van der Waals surface area contributed by atoms with Gasteiger partial charge in [0.2, 0.25) is 5.88 Å². The molecule has 0 spiro atoms. The third-order valence-electron chi connectivity index (χ3n) is 4.58. The minimum Gasteiger partial charge on any atom is -0.496 e. The van der Waals surface area contributed by atoms with Crippen LogP contribution in [-0.4, -0.2) is 23.2 Å². The van der Waals surface area contributed by atoms with E-state index >= 15 is 0 Å². The summed E-state index contributed by atoms with van der Waals surface area (Å²) in [4.78, 5) is 16.8. The Hall–Kier alpha value is -4.09. The normalized spacial score (nSPS) is 10.5. The van der Waals surface area contributed by atoms with Crippen LogP contribution in [0, 0.1) is 11.3 Å². The molecule has 7 nitrogen and oxygen atoms in total.